The summed E-state index contributed by atoms with van der Waals surface area (Å²) in [5.74, 6) is -0.0518. The molecule has 0 spiro atoms. The third-order valence-corrected chi connectivity index (χ3v) is 7.13. The Hall–Kier alpha value is -3.49. The van der Waals surface area contributed by atoms with Gasteiger partial charge in [-0.25, -0.2) is 0 Å². The fraction of sp³-hybridized carbons (Fsp3) is 0.179. The highest BCUT2D eigenvalue weighted by molar-refractivity contribution is 9.10. The largest absolute Gasteiger partial charge is 0.352 e. The lowest BCUT2D eigenvalue weighted by atomic mass is 10.0. The monoisotopic (exact) mass is 559 g/mol. The zero-order valence-corrected chi connectivity index (χ0v) is 22.2. The summed E-state index contributed by atoms with van der Waals surface area (Å²) in [5.41, 5.74) is 4.95. The number of hydrogen-bond donors (Lipinski definition) is 2. The van der Waals surface area contributed by atoms with Gasteiger partial charge in [0.2, 0.25) is 5.91 Å². The van der Waals surface area contributed by atoms with Gasteiger partial charge in [0, 0.05) is 46.9 Å². The van der Waals surface area contributed by atoms with E-state index in [0.717, 1.165) is 32.8 Å². The number of pyridine rings is 1. The molecule has 0 bridgehead atoms. The molecular formula is C28H26BrN5OS. The molecule has 0 saturated carbocycles. The molecule has 5 rings (SSSR count). The minimum Gasteiger partial charge on any atom is -0.352 e. The van der Waals surface area contributed by atoms with Gasteiger partial charge in [-0.2, -0.15) is 0 Å². The van der Waals surface area contributed by atoms with Crippen LogP contribution in [0.15, 0.2) is 95.7 Å². The molecule has 2 aromatic heterocycles. The number of carbonyl (C=O) groups excluding carboxylic acids is 1. The second-order valence-corrected chi connectivity index (χ2v) is 10.1. The van der Waals surface area contributed by atoms with Crippen molar-refractivity contribution in [3.05, 3.63) is 113 Å². The van der Waals surface area contributed by atoms with E-state index >= 15 is 0 Å². The first-order chi connectivity index (χ1) is 17.5. The molecule has 2 aromatic carbocycles. The number of carbonyl (C=O) groups is 1. The Morgan fingerprint density at radius 2 is 1.92 bits per heavy atom. The SMILES string of the molecule is Cc1ccc(NC(=O)CCN2C(=S)N[C@H](c3ccccn3)[C@H]2c2cccn2-c2cccc(Br)c2)cc1. The zero-order chi connectivity index (χ0) is 25.1. The van der Waals surface area contributed by atoms with Crippen molar-refractivity contribution in [2.45, 2.75) is 25.4 Å². The molecule has 1 fully saturated rings. The van der Waals surface area contributed by atoms with Crippen molar-refractivity contribution in [3.63, 3.8) is 0 Å². The van der Waals surface area contributed by atoms with E-state index in [4.69, 9.17) is 12.2 Å². The normalized spacial score (nSPS) is 17.2. The summed E-state index contributed by atoms with van der Waals surface area (Å²) in [7, 11) is 0. The van der Waals surface area contributed by atoms with E-state index in [-0.39, 0.29) is 18.0 Å². The van der Waals surface area contributed by atoms with E-state index in [2.05, 4.69) is 65.4 Å². The average molecular weight is 561 g/mol. The van der Waals surface area contributed by atoms with Crippen molar-refractivity contribution in [3.8, 4) is 5.69 Å². The van der Waals surface area contributed by atoms with Crippen LogP contribution in [-0.4, -0.2) is 32.0 Å². The second kappa shape index (κ2) is 10.6. The number of halogens is 1. The van der Waals surface area contributed by atoms with Crippen molar-refractivity contribution in [1.82, 2.24) is 19.8 Å². The fourth-order valence-electron chi connectivity index (χ4n) is 4.55. The molecule has 1 aliphatic heterocycles. The van der Waals surface area contributed by atoms with Crippen molar-refractivity contribution in [2.75, 3.05) is 11.9 Å². The van der Waals surface area contributed by atoms with E-state index in [1.54, 1.807) is 6.20 Å². The first kappa shape index (κ1) is 24.2. The number of aromatic nitrogens is 2. The number of hydrogen-bond acceptors (Lipinski definition) is 3. The smallest absolute Gasteiger partial charge is 0.226 e. The molecule has 1 aliphatic rings. The lowest BCUT2D eigenvalue weighted by Gasteiger charge is -2.29. The topological polar surface area (TPSA) is 62.2 Å². The highest BCUT2D eigenvalue weighted by atomic mass is 79.9. The van der Waals surface area contributed by atoms with Gasteiger partial charge in [0.15, 0.2) is 5.11 Å². The molecule has 2 N–H and O–H groups in total. The highest BCUT2D eigenvalue weighted by Crippen LogP contribution is 2.39. The maximum absolute atomic E-state index is 12.8. The van der Waals surface area contributed by atoms with Crippen LogP contribution in [0.1, 0.15) is 35.5 Å². The van der Waals surface area contributed by atoms with E-state index in [1.165, 1.54) is 0 Å². The Morgan fingerprint density at radius 1 is 1.08 bits per heavy atom. The van der Waals surface area contributed by atoms with Gasteiger partial charge in [-0.1, -0.05) is 45.8 Å². The molecule has 2 atom stereocenters. The van der Waals surface area contributed by atoms with E-state index in [0.29, 0.717) is 18.1 Å². The van der Waals surface area contributed by atoms with E-state index in [1.807, 2.05) is 67.6 Å². The Kier molecular flexibility index (Phi) is 7.16. The number of benzene rings is 2. The summed E-state index contributed by atoms with van der Waals surface area (Å²) >= 11 is 9.37. The molecule has 4 aromatic rings. The van der Waals surface area contributed by atoms with E-state index < -0.39 is 0 Å². The molecule has 6 nitrogen and oxygen atoms in total. The van der Waals surface area contributed by atoms with Crippen LogP contribution in [0.5, 0.6) is 0 Å². The second-order valence-electron chi connectivity index (χ2n) is 8.77. The van der Waals surface area contributed by atoms with Crippen LogP contribution in [-0.2, 0) is 4.79 Å². The number of amides is 1. The third-order valence-electron chi connectivity index (χ3n) is 6.28. The Bertz CT molecular complexity index is 1370. The van der Waals surface area contributed by atoms with Gasteiger partial charge in [-0.15, -0.1) is 0 Å². The van der Waals surface area contributed by atoms with Gasteiger partial charge in [0.1, 0.15) is 0 Å². The molecule has 3 heterocycles. The van der Waals surface area contributed by atoms with Gasteiger partial charge < -0.3 is 20.1 Å². The van der Waals surface area contributed by atoms with Crippen LogP contribution >= 0.6 is 28.1 Å². The molecule has 1 amide bonds. The van der Waals surface area contributed by atoms with Crippen LogP contribution in [0.25, 0.3) is 5.69 Å². The van der Waals surface area contributed by atoms with E-state index in [9.17, 15) is 4.79 Å². The Labute approximate surface area is 224 Å². The Balaban J connectivity index is 1.44. The Morgan fingerprint density at radius 3 is 2.67 bits per heavy atom. The third kappa shape index (κ3) is 5.20. The maximum atomic E-state index is 12.8. The molecule has 0 aliphatic carbocycles. The number of anilines is 1. The van der Waals surface area contributed by atoms with Crippen molar-refractivity contribution >= 4 is 44.9 Å². The van der Waals surface area contributed by atoms with Gasteiger partial charge in [-0.3, -0.25) is 9.78 Å². The van der Waals surface area contributed by atoms with Crippen LogP contribution in [0, 0.1) is 6.92 Å². The molecule has 8 heteroatoms. The first-order valence-corrected chi connectivity index (χ1v) is 13.0. The summed E-state index contributed by atoms with van der Waals surface area (Å²) in [5, 5.41) is 7.07. The van der Waals surface area contributed by atoms with Gasteiger partial charge >= 0.3 is 0 Å². The van der Waals surface area contributed by atoms with Crippen LogP contribution in [0.2, 0.25) is 0 Å². The van der Waals surface area contributed by atoms with Crippen LogP contribution < -0.4 is 10.6 Å². The van der Waals surface area contributed by atoms with Gasteiger partial charge in [0.05, 0.1) is 17.8 Å². The van der Waals surface area contributed by atoms with Crippen molar-refractivity contribution < 1.29 is 4.79 Å². The number of nitrogens with one attached hydrogen (secondary N) is 2. The number of nitrogens with zero attached hydrogens (tertiary/aromatic N) is 3. The molecule has 1 saturated heterocycles. The molecule has 182 valence electrons. The fourth-order valence-corrected chi connectivity index (χ4v) is 5.27. The lowest BCUT2D eigenvalue weighted by molar-refractivity contribution is -0.116. The summed E-state index contributed by atoms with van der Waals surface area (Å²) in [6.45, 7) is 2.50. The summed E-state index contributed by atoms with van der Waals surface area (Å²) < 4.78 is 3.17. The highest BCUT2D eigenvalue weighted by Gasteiger charge is 2.41. The molecule has 0 unspecified atom stereocenters. The summed E-state index contributed by atoms with van der Waals surface area (Å²) in [6, 6.07) is 25.7. The van der Waals surface area contributed by atoms with Crippen molar-refractivity contribution in [1.29, 1.82) is 0 Å². The predicted octanol–water partition coefficient (Wildman–Crippen LogP) is 5.94. The zero-order valence-electron chi connectivity index (χ0n) is 19.8. The molecule has 36 heavy (non-hydrogen) atoms. The molecular weight excluding hydrogens is 534 g/mol. The summed E-state index contributed by atoms with van der Waals surface area (Å²) in [6.07, 6.45) is 4.15. The minimum absolute atomic E-state index is 0.0518. The van der Waals surface area contributed by atoms with Crippen LogP contribution in [0.4, 0.5) is 5.69 Å². The lowest BCUT2D eigenvalue weighted by Crippen LogP contribution is -2.33. The van der Waals surface area contributed by atoms with Crippen molar-refractivity contribution in [2.24, 2.45) is 0 Å². The van der Waals surface area contributed by atoms with Crippen LogP contribution in [0.3, 0.4) is 0 Å². The van der Waals surface area contributed by atoms with Gasteiger partial charge in [-0.05, 0) is 73.7 Å². The maximum Gasteiger partial charge on any atom is 0.226 e. The first-order valence-electron chi connectivity index (χ1n) is 11.8. The summed E-state index contributed by atoms with van der Waals surface area (Å²) in [4.78, 5) is 19.5. The predicted molar refractivity (Wildman–Crippen MR) is 150 cm³/mol. The van der Waals surface area contributed by atoms with Gasteiger partial charge in [0.25, 0.3) is 0 Å². The minimum atomic E-state index is -0.153. The number of aryl methyl sites for hydroxylation is 1. The molecule has 0 radical (unpaired) electrons. The number of thiocarbonyl (C=S) groups is 1. The number of rotatable bonds is 7. The standard InChI is InChI=1S/C28H26BrN5OS/c1-19-10-12-21(13-11-19)31-25(35)14-17-34-27(26(32-28(34)36)23-8-2-3-15-30-23)24-9-5-16-33(24)22-7-4-6-20(29)18-22/h2-13,15-16,18,26-27H,14,17H2,1H3,(H,31,35)(H,32,36)/t26-,27-/m1/s1. The average Bonchev–Trinajstić information content (AvgIpc) is 3.49. The quantitative estimate of drug-likeness (QED) is 0.274.